The van der Waals surface area contributed by atoms with E-state index in [2.05, 4.69) is 9.62 Å². The maximum atomic E-state index is 12.3. The third-order valence-corrected chi connectivity index (χ3v) is 5.42. The van der Waals surface area contributed by atoms with E-state index in [1.54, 1.807) is 12.3 Å². The van der Waals surface area contributed by atoms with E-state index in [4.69, 9.17) is 5.73 Å². The van der Waals surface area contributed by atoms with Gasteiger partial charge in [-0.15, -0.1) is 0 Å². The van der Waals surface area contributed by atoms with Gasteiger partial charge in [0.2, 0.25) is 10.0 Å². The van der Waals surface area contributed by atoms with Gasteiger partial charge < -0.3 is 15.2 Å². The second kappa shape index (κ2) is 7.40. The first-order valence-corrected chi connectivity index (χ1v) is 9.16. The summed E-state index contributed by atoms with van der Waals surface area (Å²) >= 11 is 0. The first-order chi connectivity index (χ1) is 10.1. The van der Waals surface area contributed by atoms with Crippen LogP contribution in [0, 0.1) is 0 Å². The Bertz CT molecular complexity index is 526. The molecule has 3 N–H and O–H groups in total. The minimum Gasteiger partial charge on any atom is -0.349 e. The van der Waals surface area contributed by atoms with Crippen LogP contribution in [0.5, 0.6) is 0 Å². The smallest absolute Gasteiger partial charge is 0.242 e. The minimum absolute atomic E-state index is 0.309. The van der Waals surface area contributed by atoms with Crippen LogP contribution in [0.15, 0.2) is 17.2 Å². The van der Waals surface area contributed by atoms with Crippen molar-refractivity contribution in [3.05, 3.63) is 18.0 Å². The van der Waals surface area contributed by atoms with Gasteiger partial charge >= 0.3 is 0 Å². The Balaban J connectivity index is 1.93. The largest absolute Gasteiger partial charge is 0.349 e. The quantitative estimate of drug-likeness (QED) is 0.777. The number of aryl methyl sites for hydroxylation is 1. The predicted molar refractivity (Wildman–Crippen MR) is 83.5 cm³/mol. The first-order valence-electron chi connectivity index (χ1n) is 7.68. The van der Waals surface area contributed by atoms with Crippen molar-refractivity contribution in [2.24, 2.45) is 5.73 Å². The molecule has 1 aliphatic rings. The Hall–Kier alpha value is -0.890. The van der Waals surface area contributed by atoms with E-state index < -0.39 is 10.0 Å². The van der Waals surface area contributed by atoms with Crippen molar-refractivity contribution in [2.45, 2.75) is 44.2 Å². The van der Waals surface area contributed by atoms with Crippen LogP contribution in [0.4, 0.5) is 0 Å². The minimum atomic E-state index is -3.44. The van der Waals surface area contributed by atoms with Gasteiger partial charge in [-0.05, 0) is 38.9 Å². The van der Waals surface area contributed by atoms with Crippen LogP contribution >= 0.6 is 0 Å². The molecule has 0 atom stereocenters. The van der Waals surface area contributed by atoms with Gasteiger partial charge in [-0.25, -0.2) is 13.1 Å². The molecule has 1 aromatic rings. The lowest BCUT2D eigenvalue weighted by atomic mass is 10.1. The number of nitrogens with zero attached hydrogens (tertiary/aromatic N) is 2. The normalized spacial score (nSPS) is 17.2. The zero-order valence-corrected chi connectivity index (χ0v) is 13.5. The second-order valence-electron chi connectivity index (χ2n) is 5.46. The molecule has 0 spiro atoms. The molecule has 6 nitrogen and oxygen atoms in total. The van der Waals surface area contributed by atoms with E-state index in [0.29, 0.717) is 18.0 Å². The lowest BCUT2D eigenvalue weighted by molar-refractivity contribution is 0.233. The van der Waals surface area contributed by atoms with Crippen LogP contribution in [0.25, 0.3) is 0 Å². The first kappa shape index (κ1) is 16.5. The summed E-state index contributed by atoms with van der Waals surface area (Å²) in [5.41, 5.74) is 6.48. The van der Waals surface area contributed by atoms with E-state index >= 15 is 0 Å². The van der Waals surface area contributed by atoms with E-state index in [0.717, 1.165) is 31.9 Å². The molecule has 0 unspecified atom stereocenters. The summed E-state index contributed by atoms with van der Waals surface area (Å²) in [5, 5.41) is 0. The molecule has 0 aromatic carbocycles. The third-order valence-electron chi connectivity index (χ3n) is 3.99. The predicted octanol–water partition coefficient (Wildman–Crippen LogP) is 0.731. The fourth-order valence-corrected chi connectivity index (χ4v) is 3.83. The van der Waals surface area contributed by atoms with Gasteiger partial charge in [0.15, 0.2) is 0 Å². The molecule has 7 heteroatoms. The number of aromatic nitrogens is 1. The van der Waals surface area contributed by atoms with Crippen molar-refractivity contribution >= 4 is 10.0 Å². The van der Waals surface area contributed by atoms with Gasteiger partial charge in [-0.2, -0.15) is 0 Å². The molecule has 120 valence electrons. The molecular formula is C14H26N4O2S. The Labute approximate surface area is 127 Å². The lowest BCUT2D eigenvalue weighted by Crippen LogP contribution is -2.37. The van der Waals surface area contributed by atoms with Gasteiger partial charge in [0.1, 0.15) is 0 Å². The molecule has 1 saturated heterocycles. The van der Waals surface area contributed by atoms with Crippen LogP contribution in [0.3, 0.4) is 0 Å². The molecule has 0 amide bonds. The molecule has 0 saturated carbocycles. The summed E-state index contributed by atoms with van der Waals surface area (Å²) in [4.78, 5) is 2.62. The fourth-order valence-electron chi connectivity index (χ4n) is 2.74. The number of nitrogens with two attached hydrogens (primary N) is 1. The fraction of sp³-hybridized carbons (Fsp3) is 0.714. The summed E-state index contributed by atoms with van der Waals surface area (Å²) in [7, 11) is -3.44. The Morgan fingerprint density at radius 3 is 2.57 bits per heavy atom. The number of piperidine rings is 1. The molecule has 0 bridgehead atoms. The van der Waals surface area contributed by atoms with Gasteiger partial charge in [0, 0.05) is 38.1 Å². The summed E-state index contributed by atoms with van der Waals surface area (Å²) in [6.07, 6.45) is 5.37. The number of rotatable bonds is 7. The van der Waals surface area contributed by atoms with E-state index in [1.807, 2.05) is 11.5 Å². The molecule has 2 rings (SSSR count). The maximum absolute atomic E-state index is 12.3. The van der Waals surface area contributed by atoms with E-state index in [-0.39, 0.29) is 0 Å². The van der Waals surface area contributed by atoms with Gasteiger partial charge in [0.05, 0.1) is 4.90 Å². The summed E-state index contributed by atoms with van der Waals surface area (Å²) in [5.74, 6) is 0. The number of hydrogen-bond donors (Lipinski definition) is 2. The molecule has 21 heavy (non-hydrogen) atoms. The molecule has 0 radical (unpaired) electrons. The van der Waals surface area contributed by atoms with Crippen LogP contribution in [0.1, 0.15) is 31.9 Å². The Kier molecular flexibility index (Phi) is 5.80. The van der Waals surface area contributed by atoms with Crippen LogP contribution < -0.4 is 10.5 Å². The van der Waals surface area contributed by atoms with Gasteiger partial charge in [0.25, 0.3) is 0 Å². The van der Waals surface area contributed by atoms with E-state index in [9.17, 15) is 8.42 Å². The summed E-state index contributed by atoms with van der Waals surface area (Å²) in [6, 6.07) is 1.66. The molecule has 0 aliphatic carbocycles. The molecule has 1 aromatic heterocycles. The number of hydrogen-bond acceptors (Lipinski definition) is 4. The van der Waals surface area contributed by atoms with Crippen molar-refractivity contribution in [3.8, 4) is 0 Å². The maximum Gasteiger partial charge on any atom is 0.242 e. The summed E-state index contributed by atoms with van der Waals surface area (Å²) in [6.45, 7) is 6.41. The second-order valence-corrected chi connectivity index (χ2v) is 7.22. The average molecular weight is 314 g/mol. The molecule has 2 heterocycles. The molecule has 1 aliphatic heterocycles. The van der Waals surface area contributed by atoms with Crippen LogP contribution in [0.2, 0.25) is 0 Å². The Morgan fingerprint density at radius 2 is 2.00 bits per heavy atom. The zero-order valence-electron chi connectivity index (χ0n) is 12.7. The number of likely N-dealkylation sites (tertiary alicyclic amines) is 1. The molecular weight excluding hydrogens is 288 g/mol. The number of sulfonamides is 1. The van der Waals surface area contributed by atoms with Crippen LogP contribution in [-0.2, 0) is 23.1 Å². The topological polar surface area (TPSA) is 80.4 Å². The SMILES string of the molecule is CCn1cc(S(=O)(=O)NCCN2CCCCC2)cc1CN. The van der Waals surface area contributed by atoms with Crippen molar-refractivity contribution in [1.82, 2.24) is 14.2 Å². The summed E-state index contributed by atoms with van der Waals surface area (Å²) < 4.78 is 29.1. The van der Waals surface area contributed by atoms with Crippen molar-refractivity contribution in [2.75, 3.05) is 26.2 Å². The lowest BCUT2D eigenvalue weighted by Gasteiger charge is -2.26. The number of nitrogens with one attached hydrogen (secondary N) is 1. The van der Waals surface area contributed by atoms with Crippen molar-refractivity contribution in [3.63, 3.8) is 0 Å². The van der Waals surface area contributed by atoms with Crippen molar-refractivity contribution < 1.29 is 8.42 Å². The third kappa shape index (κ3) is 4.29. The van der Waals surface area contributed by atoms with Gasteiger partial charge in [-0.1, -0.05) is 6.42 Å². The average Bonchev–Trinajstić information content (AvgIpc) is 2.92. The monoisotopic (exact) mass is 314 g/mol. The highest BCUT2D eigenvalue weighted by molar-refractivity contribution is 7.89. The van der Waals surface area contributed by atoms with Crippen LogP contribution in [-0.4, -0.2) is 44.1 Å². The highest BCUT2D eigenvalue weighted by atomic mass is 32.2. The molecule has 1 fully saturated rings. The van der Waals surface area contributed by atoms with Gasteiger partial charge in [-0.3, -0.25) is 0 Å². The van der Waals surface area contributed by atoms with E-state index in [1.165, 1.54) is 19.3 Å². The Morgan fingerprint density at radius 1 is 1.29 bits per heavy atom. The standard InChI is InChI=1S/C14H26N4O2S/c1-2-18-12-14(10-13(18)11-15)21(19,20)16-6-9-17-7-4-3-5-8-17/h10,12,16H,2-9,11,15H2,1H3. The highest BCUT2D eigenvalue weighted by Gasteiger charge is 2.18. The van der Waals surface area contributed by atoms with Crippen molar-refractivity contribution in [1.29, 1.82) is 0 Å². The highest BCUT2D eigenvalue weighted by Crippen LogP contribution is 2.14. The zero-order chi connectivity index (χ0) is 15.3.